The molecular weight excluding hydrogens is 406 g/mol. The summed E-state index contributed by atoms with van der Waals surface area (Å²) >= 11 is 0. The maximum Gasteiger partial charge on any atom is 0.345 e. The average molecular weight is 423 g/mol. The van der Waals surface area contributed by atoms with Gasteiger partial charge >= 0.3 is 5.97 Å². The first-order chi connectivity index (χ1) is 14.2. The molecule has 0 saturated carbocycles. The van der Waals surface area contributed by atoms with E-state index < -0.39 is 47.7 Å². The minimum absolute atomic E-state index is 0.0187. The molecule has 2 aromatic heterocycles. The monoisotopic (exact) mass is 423 g/mol. The molecular formula is C19H17F4N5O2. The van der Waals surface area contributed by atoms with Crippen LogP contribution in [0.25, 0.3) is 5.65 Å². The highest BCUT2D eigenvalue weighted by atomic mass is 19.3. The Morgan fingerprint density at radius 3 is 2.83 bits per heavy atom. The van der Waals surface area contributed by atoms with Crippen molar-refractivity contribution in [1.82, 2.24) is 14.6 Å². The van der Waals surface area contributed by atoms with Crippen molar-refractivity contribution in [2.75, 3.05) is 18.1 Å². The summed E-state index contributed by atoms with van der Waals surface area (Å²) in [6.45, 7) is 0.636. The lowest BCUT2D eigenvalue weighted by molar-refractivity contribution is 0.0159. The van der Waals surface area contributed by atoms with Gasteiger partial charge in [-0.25, -0.2) is 31.9 Å². The number of ether oxygens (including phenoxy) is 1. The molecule has 158 valence electrons. The first-order valence-corrected chi connectivity index (χ1v) is 9.06. The second-order valence-corrected chi connectivity index (χ2v) is 6.97. The fourth-order valence-electron chi connectivity index (χ4n) is 3.70. The summed E-state index contributed by atoms with van der Waals surface area (Å²) in [6, 6.07) is 3.96. The standard InChI is InChI=1S/C19H17F4N5O2/c1-2-30-17(29)14-15-25-6-3-7-28(15)26-16(14)27-10-18(22,23)9-19(27,24)12-8-11(20)4-5-13(12)21/h3-8H,2,9-10,24H2,1H3. The summed E-state index contributed by atoms with van der Waals surface area (Å²) in [7, 11) is 0. The number of hydrogen-bond donors (Lipinski definition) is 1. The van der Waals surface area contributed by atoms with Gasteiger partial charge in [0.1, 0.15) is 22.9 Å². The zero-order valence-corrected chi connectivity index (χ0v) is 15.8. The number of fused-ring (bicyclic) bond motifs is 1. The predicted octanol–water partition coefficient (Wildman–Crippen LogP) is 2.84. The number of nitrogens with two attached hydrogens (primary N) is 1. The zero-order valence-electron chi connectivity index (χ0n) is 15.8. The molecule has 7 nitrogen and oxygen atoms in total. The number of esters is 1. The minimum atomic E-state index is -3.36. The summed E-state index contributed by atoms with van der Waals surface area (Å²) in [4.78, 5) is 17.6. The van der Waals surface area contributed by atoms with Gasteiger partial charge in [-0.3, -0.25) is 0 Å². The lowest BCUT2D eigenvalue weighted by Crippen LogP contribution is -2.50. The van der Waals surface area contributed by atoms with E-state index in [4.69, 9.17) is 10.5 Å². The van der Waals surface area contributed by atoms with E-state index in [1.165, 1.54) is 23.0 Å². The number of nitrogens with zero attached hydrogens (tertiary/aromatic N) is 4. The molecule has 0 radical (unpaired) electrons. The van der Waals surface area contributed by atoms with Gasteiger partial charge in [0.05, 0.1) is 19.6 Å². The normalized spacial score (nSPS) is 20.7. The van der Waals surface area contributed by atoms with Crippen LogP contribution in [0.15, 0.2) is 36.7 Å². The number of rotatable bonds is 4. The van der Waals surface area contributed by atoms with Crippen LogP contribution in [0.5, 0.6) is 0 Å². The molecule has 30 heavy (non-hydrogen) atoms. The van der Waals surface area contributed by atoms with Crippen LogP contribution in [0.1, 0.15) is 29.3 Å². The van der Waals surface area contributed by atoms with E-state index in [0.717, 1.165) is 23.1 Å². The third-order valence-corrected chi connectivity index (χ3v) is 4.91. The maximum atomic E-state index is 14.5. The van der Waals surface area contributed by atoms with E-state index in [1.807, 2.05) is 0 Å². The van der Waals surface area contributed by atoms with Crippen LogP contribution < -0.4 is 10.6 Å². The van der Waals surface area contributed by atoms with Crippen molar-refractivity contribution in [3.63, 3.8) is 0 Å². The van der Waals surface area contributed by atoms with Crippen molar-refractivity contribution in [2.24, 2.45) is 5.73 Å². The molecule has 1 aliphatic heterocycles. The molecule has 1 aromatic carbocycles. The van der Waals surface area contributed by atoms with Crippen molar-refractivity contribution >= 4 is 17.4 Å². The highest BCUT2D eigenvalue weighted by molar-refractivity contribution is 6.01. The number of benzene rings is 1. The van der Waals surface area contributed by atoms with Crippen molar-refractivity contribution in [1.29, 1.82) is 0 Å². The first kappa shape index (κ1) is 20.1. The molecule has 0 bridgehead atoms. The number of anilines is 1. The molecule has 3 aromatic rings. The summed E-state index contributed by atoms with van der Waals surface area (Å²) < 4.78 is 63.7. The van der Waals surface area contributed by atoms with Crippen LogP contribution in [0.2, 0.25) is 0 Å². The second kappa shape index (κ2) is 6.94. The van der Waals surface area contributed by atoms with Crippen molar-refractivity contribution in [3.05, 3.63) is 59.4 Å². The molecule has 4 rings (SSSR count). The highest BCUT2D eigenvalue weighted by Crippen LogP contribution is 2.46. The quantitative estimate of drug-likeness (QED) is 0.513. The van der Waals surface area contributed by atoms with Crippen LogP contribution in [-0.4, -0.2) is 39.6 Å². The van der Waals surface area contributed by atoms with Crippen LogP contribution >= 0.6 is 0 Å². The van der Waals surface area contributed by atoms with Gasteiger partial charge in [0, 0.05) is 18.0 Å². The van der Waals surface area contributed by atoms with Gasteiger partial charge in [-0.2, -0.15) is 0 Å². The Labute approximate surface area is 168 Å². The molecule has 1 fully saturated rings. The minimum Gasteiger partial charge on any atom is -0.462 e. The van der Waals surface area contributed by atoms with Gasteiger partial charge in [-0.05, 0) is 31.2 Å². The van der Waals surface area contributed by atoms with Gasteiger partial charge < -0.3 is 15.4 Å². The number of carbonyl (C=O) groups is 1. The van der Waals surface area contributed by atoms with Gasteiger partial charge in [-0.15, -0.1) is 5.10 Å². The molecule has 1 aliphatic rings. The zero-order chi connectivity index (χ0) is 21.7. The number of hydrogen-bond acceptors (Lipinski definition) is 6. The average Bonchev–Trinajstić information content (AvgIpc) is 3.18. The van der Waals surface area contributed by atoms with Crippen molar-refractivity contribution in [2.45, 2.75) is 24.9 Å². The van der Waals surface area contributed by atoms with E-state index in [1.54, 1.807) is 6.92 Å². The van der Waals surface area contributed by atoms with E-state index in [2.05, 4.69) is 10.1 Å². The largest absolute Gasteiger partial charge is 0.462 e. The fourth-order valence-corrected chi connectivity index (χ4v) is 3.70. The van der Waals surface area contributed by atoms with Gasteiger partial charge in [-0.1, -0.05) is 0 Å². The number of halogens is 4. The number of alkyl halides is 2. The number of aromatic nitrogens is 3. The fraction of sp³-hybridized carbons (Fsp3) is 0.316. The molecule has 1 saturated heterocycles. The summed E-state index contributed by atoms with van der Waals surface area (Å²) in [5.74, 6) is -6.26. The molecule has 0 aliphatic carbocycles. The third-order valence-electron chi connectivity index (χ3n) is 4.91. The summed E-state index contributed by atoms with van der Waals surface area (Å²) in [5, 5.41) is 4.19. The van der Waals surface area contributed by atoms with E-state index >= 15 is 0 Å². The van der Waals surface area contributed by atoms with Crippen LogP contribution in [0.3, 0.4) is 0 Å². The van der Waals surface area contributed by atoms with E-state index in [9.17, 15) is 22.4 Å². The lowest BCUT2D eigenvalue weighted by atomic mass is 9.95. The van der Waals surface area contributed by atoms with Gasteiger partial charge in [0.25, 0.3) is 5.92 Å². The van der Waals surface area contributed by atoms with Gasteiger partial charge in [0.15, 0.2) is 11.5 Å². The molecule has 1 unspecified atom stereocenters. The Morgan fingerprint density at radius 2 is 2.10 bits per heavy atom. The lowest BCUT2D eigenvalue weighted by Gasteiger charge is -2.35. The molecule has 0 spiro atoms. The molecule has 3 heterocycles. The van der Waals surface area contributed by atoms with Crippen molar-refractivity contribution in [3.8, 4) is 0 Å². The Hall–Kier alpha value is -3.21. The van der Waals surface area contributed by atoms with E-state index in [-0.39, 0.29) is 23.6 Å². The van der Waals surface area contributed by atoms with E-state index in [0.29, 0.717) is 0 Å². The Morgan fingerprint density at radius 1 is 1.33 bits per heavy atom. The predicted molar refractivity (Wildman–Crippen MR) is 98.1 cm³/mol. The smallest absolute Gasteiger partial charge is 0.345 e. The van der Waals surface area contributed by atoms with Crippen molar-refractivity contribution < 1.29 is 27.1 Å². The summed E-state index contributed by atoms with van der Waals surface area (Å²) in [6.07, 6.45) is 1.84. The second-order valence-electron chi connectivity index (χ2n) is 6.97. The van der Waals surface area contributed by atoms with Crippen LogP contribution in [-0.2, 0) is 10.4 Å². The SMILES string of the molecule is CCOC(=O)c1c(N2CC(F)(F)CC2(N)c2cc(F)ccc2F)nn2cccnc12. The number of carbonyl (C=O) groups excluding carboxylic acids is 1. The maximum absolute atomic E-state index is 14.5. The molecule has 1 atom stereocenters. The first-order valence-electron chi connectivity index (χ1n) is 9.06. The topological polar surface area (TPSA) is 85.8 Å². The Bertz CT molecular complexity index is 1140. The Kier molecular flexibility index (Phi) is 4.64. The highest BCUT2D eigenvalue weighted by Gasteiger charge is 2.56. The van der Waals surface area contributed by atoms with Crippen LogP contribution in [0.4, 0.5) is 23.4 Å². The van der Waals surface area contributed by atoms with Gasteiger partial charge in [0.2, 0.25) is 0 Å². The molecule has 11 heteroatoms. The van der Waals surface area contributed by atoms with Crippen LogP contribution in [0, 0.1) is 11.6 Å². The Balaban J connectivity index is 1.96. The molecule has 0 amide bonds. The third kappa shape index (κ3) is 3.15. The summed E-state index contributed by atoms with van der Waals surface area (Å²) in [5.41, 5.74) is 3.51. The molecule has 2 N–H and O–H groups in total.